The van der Waals surface area contributed by atoms with Crippen molar-refractivity contribution in [3.05, 3.63) is 47.4 Å². The first kappa shape index (κ1) is 16.0. The standard InChI is InChI=1S/C16H19FN2O3/c1-3-7-12-13(15(20)22-4-2)14(19-16(21)18-12)10-8-5-6-9-11(10)17/h5-9,13-14H,3-4H2,1-2H3,(H2,18,19,21). The van der Waals surface area contributed by atoms with Crippen molar-refractivity contribution < 1.29 is 18.7 Å². The van der Waals surface area contributed by atoms with Crippen LogP contribution in [0.4, 0.5) is 9.18 Å². The summed E-state index contributed by atoms with van der Waals surface area (Å²) >= 11 is 0. The predicted octanol–water partition coefficient (Wildman–Crippen LogP) is 2.65. The summed E-state index contributed by atoms with van der Waals surface area (Å²) in [5.41, 5.74) is 0.704. The van der Waals surface area contributed by atoms with Gasteiger partial charge in [-0.15, -0.1) is 0 Å². The van der Waals surface area contributed by atoms with E-state index in [2.05, 4.69) is 10.6 Å². The molecule has 0 bridgehead atoms. The number of nitrogens with one attached hydrogen (secondary N) is 2. The minimum atomic E-state index is -0.799. The van der Waals surface area contributed by atoms with Gasteiger partial charge in [-0.3, -0.25) is 4.79 Å². The van der Waals surface area contributed by atoms with Gasteiger partial charge in [0, 0.05) is 11.3 Å². The minimum absolute atomic E-state index is 0.215. The Balaban J connectivity index is 2.46. The molecular formula is C16H19FN2O3. The molecular weight excluding hydrogens is 287 g/mol. The Hall–Kier alpha value is -2.37. The molecule has 0 aromatic heterocycles. The number of benzene rings is 1. The Kier molecular flexibility index (Phi) is 5.14. The molecule has 1 heterocycles. The zero-order chi connectivity index (χ0) is 16.1. The SMILES string of the molecule is CCC=C1NC(=O)NC(c2ccccc2F)C1C(=O)OCC. The number of halogens is 1. The number of carbonyl (C=O) groups excluding carboxylic acids is 2. The molecule has 1 aromatic rings. The molecule has 22 heavy (non-hydrogen) atoms. The first-order valence-electron chi connectivity index (χ1n) is 7.27. The Bertz CT molecular complexity index is 601. The van der Waals surface area contributed by atoms with Crippen LogP contribution >= 0.6 is 0 Å². The average molecular weight is 306 g/mol. The fourth-order valence-electron chi connectivity index (χ4n) is 2.53. The highest BCUT2D eigenvalue weighted by molar-refractivity contribution is 5.85. The molecule has 1 aromatic carbocycles. The van der Waals surface area contributed by atoms with Crippen LogP contribution in [-0.2, 0) is 9.53 Å². The first-order chi connectivity index (χ1) is 10.6. The summed E-state index contributed by atoms with van der Waals surface area (Å²) in [6, 6.07) is 4.82. The summed E-state index contributed by atoms with van der Waals surface area (Å²) in [5.74, 6) is -1.77. The predicted molar refractivity (Wildman–Crippen MR) is 79.3 cm³/mol. The van der Waals surface area contributed by atoms with Crippen LogP contribution in [0.1, 0.15) is 31.9 Å². The van der Waals surface area contributed by atoms with Crippen molar-refractivity contribution in [3.8, 4) is 0 Å². The molecule has 1 saturated heterocycles. The Morgan fingerprint density at radius 3 is 2.73 bits per heavy atom. The van der Waals surface area contributed by atoms with Crippen LogP contribution in [0.2, 0.25) is 0 Å². The summed E-state index contributed by atoms with van der Waals surface area (Å²) < 4.78 is 19.2. The monoisotopic (exact) mass is 306 g/mol. The van der Waals surface area contributed by atoms with Crippen molar-refractivity contribution in [1.29, 1.82) is 0 Å². The average Bonchev–Trinajstić information content (AvgIpc) is 2.47. The van der Waals surface area contributed by atoms with Crippen molar-refractivity contribution in [2.45, 2.75) is 26.3 Å². The Labute approximate surface area is 128 Å². The molecule has 5 nitrogen and oxygen atoms in total. The number of urea groups is 1. The Morgan fingerprint density at radius 2 is 2.09 bits per heavy atom. The van der Waals surface area contributed by atoms with Crippen LogP contribution in [0.25, 0.3) is 0 Å². The van der Waals surface area contributed by atoms with Gasteiger partial charge in [-0.25, -0.2) is 9.18 Å². The highest BCUT2D eigenvalue weighted by atomic mass is 19.1. The van der Waals surface area contributed by atoms with Gasteiger partial charge in [-0.1, -0.05) is 31.2 Å². The molecule has 0 radical (unpaired) electrons. The largest absolute Gasteiger partial charge is 0.465 e. The van der Waals surface area contributed by atoms with Crippen molar-refractivity contribution >= 4 is 12.0 Å². The van der Waals surface area contributed by atoms with Crippen molar-refractivity contribution in [1.82, 2.24) is 10.6 Å². The molecule has 0 saturated carbocycles. The molecule has 2 unspecified atom stereocenters. The second-order valence-corrected chi connectivity index (χ2v) is 4.90. The zero-order valence-corrected chi connectivity index (χ0v) is 12.6. The molecule has 1 aliphatic rings. The normalized spacial score (nSPS) is 22.9. The maximum atomic E-state index is 14.1. The number of hydrogen-bond donors (Lipinski definition) is 2. The van der Waals surface area contributed by atoms with E-state index in [0.29, 0.717) is 12.1 Å². The molecule has 1 aliphatic heterocycles. The molecule has 0 spiro atoms. The lowest BCUT2D eigenvalue weighted by Gasteiger charge is -2.34. The smallest absolute Gasteiger partial charge is 0.319 e. The van der Waals surface area contributed by atoms with Crippen LogP contribution in [0.3, 0.4) is 0 Å². The fraction of sp³-hybridized carbons (Fsp3) is 0.375. The van der Waals surface area contributed by atoms with E-state index in [0.717, 1.165) is 0 Å². The molecule has 2 rings (SSSR count). The van der Waals surface area contributed by atoms with Gasteiger partial charge < -0.3 is 15.4 Å². The second-order valence-electron chi connectivity index (χ2n) is 4.90. The van der Waals surface area contributed by atoms with Crippen LogP contribution in [0.5, 0.6) is 0 Å². The lowest BCUT2D eigenvalue weighted by Crippen LogP contribution is -2.51. The highest BCUT2D eigenvalue weighted by Crippen LogP contribution is 2.32. The zero-order valence-electron chi connectivity index (χ0n) is 12.6. The van der Waals surface area contributed by atoms with Crippen LogP contribution in [0.15, 0.2) is 36.0 Å². The summed E-state index contributed by atoms with van der Waals surface area (Å²) in [4.78, 5) is 24.1. The summed E-state index contributed by atoms with van der Waals surface area (Å²) in [5, 5.41) is 5.23. The number of hydrogen-bond acceptors (Lipinski definition) is 3. The number of amides is 2. The minimum Gasteiger partial charge on any atom is -0.465 e. The molecule has 0 aliphatic carbocycles. The van der Waals surface area contributed by atoms with Crippen LogP contribution in [-0.4, -0.2) is 18.6 Å². The van der Waals surface area contributed by atoms with Gasteiger partial charge in [0.05, 0.1) is 12.6 Å². The summed E-state index contributed by atoms with van der Waals surface area (Å²) in [7, 11) is 0. The van der Waals surface area contributed by atoms with E-state index < -0.39 is 29.8 Å². The highest BCUT2D eigenvalue weighted by Gasteiger charge is 2.40. The lowest BCUT2D eigenvalue weighted by molar-refractivity contribution is -0.147. The van der Waals surface area contributed by atoms with Gasteiger partial charge in [0.1, 0.15) is 11.7 Å². The molecule has 2 N–H and O–H groups in total. The van der Waals surface area contributed by atoms with Crippen molar-refractivity contribution in [3.63, 3.8) is 0 Å². The van der Waals surface area contributed by atoms with Crippen molar-refractivity contribution in [2.24, 2.45) is 5.92 Å². The third-order valence-corrected chi connectivity index (χ3v) is 3.42. The summed E-state index contributed by atoms with van der Waals surface area (Å²) in [6.07, 6.45) is 2.38. The molecule has 1 fully saturated rings. The number of esters is 1. The van der Waals surface area contributed by atoms with Crippen LogP contribution in [0, 0.1) is 11.7 Å². The second kappa shape index (κ2) is 7.06. The maximum Gasteiger partial charge on any atom is 0.319 e. The van der Waals surface area contributed by atoms with E-state index in [9.17, 15) is 14.0 Å². The van der Waals surface area contributed by atoms with E-state index in [1.54, 1.807) is 31.2 Å². The van der Waals surface area contributed by atoms with E-state index >= 15 is 0 Å². The number of carbonyl (C=O) groups is 2. The number of rotatable bonds is 4. The van der Waals surface area contributed by atoms with E-state index in [4.69, 9.17) is 4.74 Å². The summed E-state index contributed by atoms with van der Waals surface area (Å²) in [6.45, 7) is 3.81. The van der Waals surface area contributed by atoms with Gasteiger partial charge >= 0.3 is 12.0 Å². The molecule has 2 amide bonds. The van der Waals surface area contributed by atoms with Gasteiger partial charge in [0.25, 0.3) is 0 Å². The van der Waals surface area contributed by atoms with E-state index in [-0.39, 0.29) is 12.2 Å². The Morgan fingerprint density at radius 1 is 1.36 bits per heavy atom. The van der Waals surface area contributed by atoms with Gasteiger partial charge in [-0.2, -0.15) is 0 Å². The van der Waals surface area contributed by atoms with E-state index in [1.807, 2.05) is 6.92 Å². The topological polar surface area (TPSA) is 67.4 Å². The van der Waals surface area contributed by atoms with Gasteiger partial charge in [-0.05, 0) is 19.4 Å². The van der Waals surface area contributed by atoms with Gasteiger partial charge in [0.15, 0.2) is 0 Å². The third kappa shape index (κ3) is 3.27. The number of allylic oxidation sites excluding steroid dienone is 1. The quantitative estimate of drug-likeness (QED) is 0.840. The van der Waals surface area contributed by atoms with Gasteiger partial charge in [0.2, 0.25) is 0 Å². The van der Waals surface area contributed by atoms with Crippen LogP contribution < -0.4 is 10.6 Å². The van der Waals surface area contributed by atoms with E-state index in [1.165, 1.54) is 6.07 Å². The molecule has 6 heteroatoms. The third-order valence-electron chi connectivity index (χ3n) is 3.42. The number of ether oxygens (including phenoxy) is 1. The lowest BCUT2D eigenvalue weighted by atomic mass is 9.87. The van der Waals surface area contributed by atoms with Crippen molar-refractivity contribution in [2.75, 3.05) is 6.61 Å². The fourth-order valence-corrected chi connectivity index (χ4v) is 2.53. The molecule has 2 atom stereocenters. The molecule has 118 valence electrons. The first-order valence-corrected chi connectivity index (χ1v) is 7.27. The maximum absolute atomic E-state index is 14.1.